The third-order valence-electron chi connectivity index (χ3n) is 3.75. The molecule has 2 aromatic rings. The van der Waals surface area contributed by atoms with Crippen LogP contribution in [0.1, 0.15) is 19.4 Å². The maximum atomic E-state index is 13.5. The molecule has 148 valence electrons. The first-order valence-electron chi connectivity index (χ1n) is 8.46. The second-order valence-electron chi connectivity index (χ2n) is 6.21. The molecule has 0 saturated carbocycles. The number of thioether (sulfide) groups is 1. The largest absolute Gasteiger partial charge is 0.354 e. The van der Waals surface area contributed by atoms with Crippen LogP contribution >= 0.6 is 23.1 Å². The van der Waals surface area contributed by atoms with E-state index in [4.69, 9.17) is 0 Å². The van der Waals surface area contributed by atoms with Crippen molar-refractivity contribution in [1.82, 2.24) is 10.0 Å². The van der Waals surface area contributed by atoms with E-state index in [9.17, 15) is 17.6 Å². The Morgan fingerprint density at radius 1 is 1.22 bits per heavy atom. The van der Waals surface area contributed by atoms with Gasteiger partial charge >= 0.3 is 0 Å². The summed E-state index contributed by atoms with van der Waals surface area (Å²) in [5, 5.41) is 4.43. The minimum Gasteiger partial charge on any atom is -0.354 e. The van der Waals surface area contributed by atoms with Crippen molar-refractivity contribution in [3.8, 4) is 0 Å². The molecule has 0 unspecified atom stereocenters. The lowest BCUT2D eigenvalue weighted by atomic mass is 10.1. The molecule has 1 atom stereocenters. The fourth-order valence-corrected chi connectivity index (χ4v) is 5.49. The van der Waals surface area contributed by atoms with Crippen molar-refractivity contribution in [3.63, 3.8) is 0 Å². The number of amides is 1. The van der Waals surface area contributed by atoms with E-state index in [-0.39, 0.29) is 21.9 Å². The topological polar surface area (TPSA) is 75.3 Å². The Bertz CT molecular complexity index is 839. The zero-order chi connectivity index (χ0) is 19.9. The van der Waals surface area contributed by atoms with Crippen LogP contribution in [0.5, 0.6) is 0 Å². The highest BCUT2D eigenvalue weighted by Gasteiger charge is 2.28. The Hall–Kier alpha value is -1.42. The molecule has 1 amide bonds. The van der Waals surface area contributed by atoms with Crippen LogP contribution < -0.4 is 10.0 Å². The number of hydrogen-bond acceptors (Lipinski definition) is 5. The first-order valence-corrected chi connectivity index (χ1v) is 12.0. The van der Waals surface area contributed by atoms with Crippen molar-refractivity contribution < 1.29 is 17.6 Å². The van der Waals surface area contributed by atoms with Gasteiger partial charge in [0.2, 0.25) is 5.91 Å². The average molecular weight is 431 g/mol. The second kappa shape index (κ2) is 10.2. The predicted octanol–water partition coefficient (Wildman–Crippen LogP) is 3.24. The Balaban J connectivity index is 1.82. The average Bonchev–Trinajstić information content (AvgIpc) is 3.16. The van der Waals surface area contributed by atoms with Gasteiger partial charge in [-0.1, -0.05) is 38.1 Å². The number of sulfonamides is 1. The molecule has 0 fully saturated rings. The number of nitrogens with one attached hydrogen (secondary N) is 2. The molecule has 0 bridgehead atoms. The van der Waals surface area contributed by atoms with Gasteiger partial charge < -0.3 is 5.32 Å². The molecule has 9 heteroatoms. The third-order valence-corrected chi connectivity index (χ3v) is 7.60. The molecule has 1 aromatic carbocycles. The van der Waals surface area contributed by atoms with Gasteiger partial charge in [-0.05, 0) is 29.0 Å². The van der Waals surface area contributed by atoms with Gasteiger partial charge in [-0.3, -0.25) is 4.79 Å². The minimum atomic E-state index is -3.72. The van der Waals surface area contributed by atoms with Crippen molar-refractivity contribution in [2.45, 2.75) is 29.9 Å². The second-order valence-corrected chi connectivity index (χ2v) is 10.2. The summed E-state index contributed by atoms with van der Waals surface area (Å²) < 4.78 is 40.9. The van der Waals surface area contributed by atoms with Gasteiger partial charge in [0.25, 0.3) is 10.0 Å². The van der Waals surface area contributed by atoms with E-state index in [0.717, 1.165) is 11.3 Å². The number of benzene rings is 1. The highest BCUT2D eigenvalue weighted by atomic mass is 32.2. The molecule has 0 saturated heterocycles. The van der Waals surface area contributed by atoms with Crippen LogP contribution in [-0.4, -0.2) is 32.7 Å². The van der Waals surface area contributed by atoms with Crippen LogP contribution in [0.2, 0.25) is 0 Å². The fraction of sp³-hybridized carbons (Fsp3) is 0.389. The fourth-order valence-electron chi connectivity index (χ4n) is 2.29. The molecule has 2 rings (SSSR count). The molecule has 2 N–H and O–H groups in total. The monoisotopic (exact) mass is 430 g/mol. The molecule has 5 nitrogen and oxygen atoms in total. The van der Waals surface area contributed by atoms with E-state index >= 15 is 0 Å². The minimum absolute atomic E-state index is 0.182. The molecule has 1 heterocycles. The SMILES string of the molecule is CC(C)[C@H](NS(=O)(=O)c1cccs1)C(=O)NCCSCc1ccccc1F. The van der Waals surface area contributed by atoms with Crippen molar-refractivity contribution in [3.05, 3.63) is 53.2 Å². The van der Waals surface area contributed by atoms with Crippen molar-refractivity contribution in [1.29, 1.82) is 0 Å². The van der Waals surface area contributed by atoms with Gasteiger partial charge in [-0.15, -0.1) is 11.3 Å². The molecular formula is C18H23FN2O3S3. The number of rotatable bonds is 10. The smallest absolute Gasteiger partial charge is 0.250 e. The predicted molar refractivity (Wildman–Crippen MR) is 109 cm³/mol. The van der Waals surface area contributed by atoms with E-state index in [1.54, 1.807) is 43.5 Å². The van der Waals surface area contributed by atoms with Crippen LogP contribution in [0.25, 0.3) is 0 Å². The summed E-state index contributed by atoms with van der Waals surface area (Å²) in [4.78, 5) is 12.4. The maximum absolute atomic E-state index is 13.5. The zero-order valence-corrected chi connectivity index (χ0v) is 17.6. The van der Waals surface area contributed by atoms with Crippen LogP contribution in [-0.2, 0) is 20.6 Å². The number of halogens is 1. The van der Waals surface area contributed by atoms with Gasteiger partial charge in [0.1, 0.15) is 16.1 Å². The molecule has 0 aliphatic rings. The molecule has 0 spiro atoms. The highest BCUT2D eigenvalue weighted by Crippen LogP contribution is 2.17. The summed E-state index contributed by atoms with van der Waals surface area (Å²) in [6.45, 7) is 3.95. The summed E-state index contributed by atoms with van der Waals surface area (Å²) >= 11 is 2.60. The zero-order valence-electron chi connectivity index (χ0n) is 15.1. The third kappa shape index (κ3) is 6.60. The number of carbonyl (C=O) groups excluding carboxylic acids is 1. The maximum Gasteiger partial charge on any atom is 0.250 e. The summed E-state index contributed by atoms with van der Waals surface area (Å²) in [5.41, 5.74) is 0.623. The van der Waals surface area contributed by atoms with Gasteiger partial charge in [0, 0.05) is 18.1 Å². The molecule has 0 aliphatic carbocycles. The van der Waals surface area contributed by atoms with E-state index in [1.807, 2.05) is 0 Å². The first-order chi connectivity index (χ1) is 12.8. The molecular weight excluding hydrogens is 407 g/mol. The standard InChI is InChI=1S/C18H23FN2O3S3/c1-13(2)17(21-27(23,24)16-8-5-10-26-16)18(22)20-9-11-25-12-14-6-3-4-7-15(14)19/h3-8,10,13,17,21H,9,11-12H2,1-2H3,(H,20,22)/t17-/m0/s1. The Morgan fingerprint density at radius 3 is 2.59 bits per heavy atom. The Labute approximate surface area is 167 Å². The summed E-state index contributed by atoms with van der Waals surface area (Å²) in [6.07, 6.45) is 0. The summed E-state index contributed by atoms with van der Waals surface area (Å²) in [5.74, 6) is 0.309. The van der Waals surface area contributed by atoms with Crippen molar-refractivity contribution >= 4 is 39.0 Å². The molecule has 27 heavy (non-hydrogen) atoms. The number of hydrogen-bond donors (Lipinski definition) is 2. The van der Waals surface area contributed by atoms with Gasteiger partial charge in [-0.25, -0.2) is 12.8 Å². The van der Waals surface area contributed by atoms with E-state index in [0.29, 0.717) is 23.6 Å². The van der Waals surface area contributed by atoms with Crippen LogP contribution in [0, 0.1) is 11.7 Å². The van der Waals surface area contributed by atoms with Crippen LogP contribution in [0.3, 0.4) is 0 Å². The Morgan fingerprint density at radius 2 is 1.96 bits per heavy atom. The lowest BCUT2D eigenvalue weighted by Crippen LogP contribution is -2.49. The Kier molecular flexibility index (Phi) is 8.28. The van der Waals surface area contributed by atoms with Crippen LogP contribution in [0.4, 0.5) is 4.39 Å². The summed E-state index contributed by atoms with van der Waals surface area (Å²) in [6, 6.07) is 8.88. The van der Waals surface area contributed by atoms with Gasteiger partial charge in [-0.2, -0.15) is 16.5 Å². The van der Waals surface area contributed by atoms with Gasteiger partial charge in [0.05, 0.1) is 0 Å². The summed E-state index contributed by atoms with van der Waals surface area (Å²) in [7, 11) is -3.72. The quantitative estimate of drug-likeness (QED) is 0.568. The van der Waals surface area contributed by atoms with Crippen LogP contribution in [0.15, 0.2) is 46.0 Å². The van der Waals surface area contributed by atoms with Gasteiger partial charge in [0.15, 0.2) is 0 Å². The first kappa shape index (κ1) is 21.9. The lowest BCUT2D eigenvalue weighted by molar-refractivity contribution is -0.123. The van der Waals surface area contributed by atoms with E-state index < -0.39 is 16.1 Å². The highest BCUT2D eigenvalue weighted by molar-refractivity contribution is 7.98. The number of thiophene rings is 1. The molecule has 0 aliphatic heterocycles. The molecule has 0 radical (unpaired) electrons. The normalized spacial score (nSPS) is 12.9. The van der Waals surface area contributed by atoms with E-state index in [1.165, 1.54) is 23.9 Å². The number of carbonyl (C=O) groups is 1. The molecule has 1 aromatic heterocycles. The lowest BCUT2D eigenvalue weighted by Gasteiger charge is -2.21. The van der Waals surface area contributed by atoms with Crippen molar-refractivity contribution in [2.75, 3.05) is 12.3 Å². The van der Waals surface area contributed by atoms with E-state index in [2.05, 4.69) is 10.0 Å². The van der Waals surface area contributed by atoms with Crippen molar-refractivity contribution in [2.24, 2.45) is 5.92 Å².